The average Bonchev–Trinajstić information content (AvgIpc) is 2.69. The standard InChI is InChI=1S/C22H15NO5/c1-11(24)12-6-8-13(9-7-12)28-17-10-16(25)18-19(20(17)23)22(27)15-5-3-2-4-14(15)21(18)26/h2-10,25H,23H2,1H3. The molecule has 0 saturated carbocycles. The number of carbonyl (C=O) groups excluding carboxylic acids is 3. The zero-order valence-corrected chi connectivity index (χ0v) is 14.9. The fourth-order valence-corrected chi connectivity index (χ4v) is 3.24. The van der Waals surface area contributed by atoms with Gasteiger partial charge in [-0.05, 0) is 31.2 Å². The third-order valence-electron chi connectivity index (χ3n) is 4.67. The zero-order valence-electron chi connectivity index (χ0n) is 14.9. The second kappa shape index (κ2) is 6.35. The summed E-state index contributed by atoms with van der Waals surface area (Å²) in [5, 5.41) is 10.4. The number of hydrogen-bond donors (Lipinski definition) is 2. The van der Waals surface area contributed by atoms with Gasteiger partial charge in [0.15, 0.2) is 23.1 Å². The number of nitrogens with two attached hydrogens (primary N) is 1. The Morgan fingerprint density at radius 1 is 0.929 bits per heavy atom. The Morgan fingerprint density at radius 3 is 2.07 bits per heavy atom. The molecular weight excluding hydrogens is 358 g/mol. The molecule has 0 amide bonds. The number of phenolic OH excluding ortho intramolecular Hbond substituents is 1. The summed E-state index contributed by atoms with van der Waals surface area (Å²) in [4.78, 5) is 37.0. The van der Waals surface area contributed by atoms with E-state index >= 15 is 0 Å². The summed E-state index contributed by atoms with van der Waals surface area (Å²) < 4.78 is 5.70. The number of ketones is 3. The lowest BCUT2D eigenvalue weighted by Gasteiger charge is -2.21. The molecule has 0 aliphatic heterocycles. The quantitative estimate of drug-likeness (QED) is 0.322. The maximum atomic E-state index is 12.9. The van der Waals surface area contributed by atoms with Crippen LogP contribution in [-0.4, -0.2) is 22.5 Å². The smallest absolute Gasteiger partial charge is 0.198 e. The van der Waals surface area contributed by atoms with Crippen LogP contribution in [-0.2, 0) is 0 Å². The largest absolute Gasteiger partial charge is 0.507 e. The molecule has 0 aromatic heterocycles. The van der Waals surface area contributed by atoms with Crippen molar-refractivity contribution in [2.24, 2.45) is 0 Å². The van der Waals surface area contributed by atoms with Crippen LogP contribution in [0.4, 0.5) is 5.69 Å². The lowest BCUT2D eigenvalue weighted by Crippen LogP contribution is -2.22. The molecular formula is C22H15NO5. The molecule has 4 rings (SSSR count). The first kappa shape index (κ1) is 17.5. The van der Waals surface area contributed by atoms with Gasteiger partial charge in [0.05, 0.1) is 16.8 Å². The zero-order chi connectivity index (χ0) is 20.0. The van der Waals surface area contributed by atoms with E-state index in [1.165, 1.54) is 19.1 Å². The number of aromatic hydroxyl groups is 1. The van der Waals surface area contributed by atoms with Gasteiger partial charge in [0, 0.05) is 22.8 Å². The second-order valence-corrected chi connectivity index (χ2v) is 6.44. The molecule has 28 heavy (non-hydrogen) atoms. The molecule has 3 aromatic rings. The van der Waals surface area contributed by atoms with Crippen molar-refractivity contribution in [3.05, 3.63) is 82.4 Å². The number of ether oxygens (including phenoxy) is 1. The minimum Gasteiger partial charge on any atom is -0.507 e. The van der Waals surface area contributed by atoms with Crippen LogP contribution in [0.3, 0.4) is 0 Å². The number of benzene rings is 3. The third kappa shape index (κ3) is 2.63. The van der Waals surface area contributed by atoms with Gasteiger partial charge in [-0.15, -0.1) is 0 Å². The summed E-state index contributed by atoms with van der Waals surface area (Å²) in [5.74, 6) is -0.965. The Labute approximate surface area is 160 Å². The van der Waals surface area contributed by atoms with Crippen LogP contribution in [0.2, 0.25) is 0 Å². The van der Waals surface area contributed by atoms with E-state index in [9.17, 15) is 19.5 Å². The molecule has 0 atom stereocenters. The van der Waals surface area contributed by atoms with Crippen molar-refractivity contribution in [1.29, 1.82) is 0 Å². The van der Waals surface area contributed by atoms with E-state index in [1.807, 2.05) is 0 Å². The topological polar surface area (TPSA) is 107 Å². The van der Waals surface area contributed by atoms with E-state index in [-0.39, 0.29) is 45.2 Å². The van der Waals surface area contributed by atoms with Crippen molar-refractivity contribution in [3.63, 3.8) is 0 Å². The lowest BCUT2D eigenvalue weighted by atomic mass is 9.82. The number of Topliss-reactive ketones (excluding diaryl/α,β-unsaturated/α-hetero) is 1. The maximum Gasteiger partial charge on any atom is 0.198 e. The number of phenols is 1. The molecule has 0 saturated heterocycles. The SMILES string of the molecule is CC(=O)c1ccc(Oc2cc(O)c3c(c2N)C(=O)c2ccccc2C3=O)cc1. The van der Waals surface area contributed by atoms with Crippen molar-refractivity contribution >= 4 is 23.0 Å². The molecule has 6 nitrogen and oxygen atoms in total. The van der Waals surface area contributed by atoms with Crippen molar-refractivity contribution in [2.75, 3.05) is 5.73 Å². The number of hydrogen-bond acceptors (Lipinski definition) is 6. The summed E-state index contributed by atoms with van der Waals surface area (Å²) in [6, 6.07) is 13.9. The van der Waals surface area contributed by atoms with E-state index in [0.29, 0.717) is 11.3 Å². The predicted molar refractivity (Wildman–Crippen MR) is 102 cm³/mol. The van der Waals surface area contributed by atoms with Gasteiger partial charge < -0.3 is 15.6 Å². The van der Waals surface area contributed by atoms with Crippen LogP contribution in [0.25, 0.3) is 0 Å². The molecule has 1 aliphatic rings. The van der Waals surface area contributed by atoms with Crippen molar-refractivity contribution in [3.8, 4) is 17.2 Å². The fraction of sp³-hybridized carbons (Fsp3) is 0.0455. The molecule has 0 radical (unpaired) electrons. The van der Waals surface area contributed by atoms with E-state index in [0.717, 1.165) is 0 Å². The van der Waals surface area contributed by atoms with Crippen LogP contribution in [0, 0.1) is 0 Å². The number of carbonyl (C=O) groups is 3. The second-order valence-electron chi connectivity index (χ2n) is 6.44. The van der Waals surface area contributed by atoms with Crippen molar-refractivity contribution < 1.29 is 24.2 Å². The molecule has 0 bridgehead atoms. The van der Waals surface area contributed by atoms with E-state index in [4.69, 9.17) is 10.5 Å². The minimum atomic E-state index is -0.466. The number of nitrogen functional groups attached to an aromatic ring is 1. The minimum absolute atomic E-state index is 0.0312. The van der Waals surface area contributed by atoms with Crippen LogP contribution in [0.1, 0.15) is 49.1 Å². The Kier molecular flexibility index (Phi) is 3.96. The van der Waals surface area contributed by atoms with Gasteiger partial charge >= 0.3 is 0 Å². The van der Waals surface area contributed by atoms with E-state index < -0.39 is 11.6 Å². The molecule has 0 unspecified atom stereocenters. The summed E-state index contributed by atoms with van der Waals surface area (Å²) in [5.41, 5.74) is 6.89. The van der Waals surface area contributed by atoms with Gasteiger partial charge in [0.1, 0.15) is 11.5 Å². The van der Waals surface area contributed by atoms with Gasteiger partial charge in [-0.25, -0.2) is 0 Å². The van der Waals surface area contributed by atoms with Gasteiger partial charge in [0.25, 0.3) is 0 Å². The first-order chi connectivity index (χ1) is 13.4. The monoisotopic (exact) mass is 373 g/mol. The molecule has 0 spiro atoms. The van der Waals surface area contributed by atoms with Gasteiger partial charge in [-0.3, -0.25) is 14.4 Å². The maximum absolute atomic E-state index is 12.9. The van der Waals surface area contributed by atoms with Crippen LogP contribution in [0.5, 0.6) is 17.2 Å². The summed E-state index contributed by atoms with van der Waals surface area (Å²) in [7, 11) is 0. The fourth-order valence-electron chi connectivity index (χ4n) is 3.24. The highest BCUT2D eigenvalue weighted by Crippen LogP contribution is 2.42. The predicted octanol–water partition coefficient (Wildman–Crippen LogP) is 3.74. The molecule has 138 valence electrons. The van der Waals surface area contributed by atoms with E-state index in [1.54, 1.807) is 42.5 Å². The summed E-state index contributed by atoms with van der Waals surface area (Å²) in [6.45, 7) is 1.45. The molecule has 0 heterocycles. The Morgan fingerprint density at radius 2 is 1.50 bits per heavy atom. The highest BCUT2D eigenvalue weighted by molar-refractivity contribution is 6.31. The van der Waals surface area contributed by atoms with E-state index in [2.05, 4.69) is 0 Å². The first-order valence-corrected chi connectivity index (χ1v) is 8.51. The van der Waals surface area contributed by atoms with Gasteiger partial charge in [-0.2, -0.15) is 0 Å². The molecule has 3 N–H and O–H groups in total. The number of fused-ring (bicyclic) bond motifs is 2. The number of anilines is 1. The summed E-state index contributed by atoms with van der Waals surface area (Å²) in [6.07, 6.45) is 0. The lowest BCUT2D eigenvalue weighted by molar-refractivity contribution is 0.0977. The van der Waals surface area contributed by atoms with Crippen molar-refractivity contribution in [1.82, 2.24) is 0 Å². The average molecular weight is 373 g/mol. The molecule has 0 fully saturated rings. The third-order valence-corrected chi connectivity index (χ3v) is 4.67. The Balaban J connectivity index is 1.80. The van der Waals surface area contributed by atoms with Crippen LogP contribution < -0.4 is 10.5 Å². The number of rotatable bonds is 3. The molecule has 3 aromatic carbocycles. The molecule has 6 heteroatoms. The Bertz CT molecular complexity index is 1160. The Hall–Kier alpha value is -3.93. The highest BCUT2D eigenvalue weighted by Gasteiger charge is 2.35. The molecule has 1 aliphatic carbocycles. The van der Waals surface area contributed by atoms with Gasteiger partial charge in [-0.1, -0.05) is 24.3 Å². The van der Waals surface area contributed by atoms with Crippen LogP contribution >= 0.6 is 0 Å². The van der Waals surface area contributed by atoms with Gasteiger partial charge in [0.2, 0.25) is 0 Å². The highest BCUT2D eigenvalue weighted by atomic mass is 16.5. The van der Waals surface area contributed by atoms with Crippen molar-refractivity contribution in [2.45, 2.75) is 6.92 Å². The normalized spacial score (nSPS) is 12.3. The van der Waals surface area contributed by atoms with Crippen LogP contribution in [0.15, 0.2) is 54.6 Å². The summed E-state index contributed by atoms with van der Waals surface area (Å²) >= 11 is 0. The first-order valence-electron chi connectivity index (χ1n) is 8.51.